The molecular weight excluding hydrogens is 200 g/mol. The Morgan fingerprint density at radius 2 is 1.87 bits per heavy atom. The average Bonchev–Trinajstić information content (AvgIpc) is 1.99. The predicted octanol–water partition coefficient (Wildman–Crippen LogP) is -0.0803. The van der Waals surface area contributed by atoms with Crippen LogP contribution >= 0.6 is 0 Å². The Kier molecular flexibility index (Phi) is 5.07. The first-order valence-corrected chi connectivity index (χ1v) is 4.68. The second kappa shape index (κ2) is 5.55. The molecule has 2 amide bonds. The molecular formula is C9H18N2O4. The number of carboxylic acids is 1. The number of hydrogen-bond donors (Lipinski definition) is 4. The van der Waals surface area contributed by atoms with Gasteiger partial charge < -0.3 is 20.8 Å². The molecule has 0 aliphatic carbocycles. The van der Waals surface area contributed by atoms with Gasteiger partial charge in [0.05, 0.1) is 0 Å². The van der Waals surface area contributed by atoms with E-state index in [1.54, 1.807) is 20.8 Å². The van der Waals surface area contributed by atoms with Crippen molar-refractivity contribution in [3.8, 4) is 0 Å². The van der Waals surface area contributed by atoms with E-state index in [9.17, 15) is 9.59 Å². The molecule has 0 radical (unpaired) electrons. The molecule has 0 saturated heterocycles. The highest BCUT2D eigenvalue weighted by molar-refractivity contribution is 5.82. The Morgan fingerprint density at radius 1 is 1.33 bits per heavy atom. The molecule has 88 valence electrons. The van der Waals surface area contributed by atoms with Crippen molar-refractivity contribution in [3.63, 3.8) is 0 Å². The van der Waals surface area contributed by atoms with Crippen LogP contribution in [0, 0.1) is 0 Å². The number of urea groups is 1. The van der Waals surface area contributed by atoms with Crippen LogP contribution in [0.1, 0.15) is 27.2 Å². The van der Waals surface area contributed by atoms with E-state index in [0.29, 0.717) is 0 Å². The van der Waals surface area contributed by atoms with Crippen LogP contribution in [-0.4, -0.2) is 40.4 Å². The summed E-state index contributed by atoms with van der Waals surface area (Å²) in [6.07, 6.45) is -0.00705. The van der Waals surface area contributed by atoms with Crippen molar-refractivity contribution in [2.75, 3.05) is 6.61 Å². The van der Waals surface area contributed by atoms with Crippen molar-refractivity contribution in [1.82, 2.24) is 10.6 Å². The number of nitrogens with one attached hydrogen (secondary N) is 2. The third-order valence-corrected chi connectivity index (χ3v) is 1.51. The summed E-state index contributed by atoms with van der Waals surface area (Å²) < 4.78 is 0. The number of amides is 2. The zero-order valence-corrected chi connectivity index (χ0v) is 9.20. The van der Waals surface area contributed by atoms with Crippen LogP contribution in [0.4, 0.5) is 4.79 Å². The molecule has 0 aromatic heterocycles. The van der Waals surface area contributed by atoms with E-state index >= 15 is 0 Å². The average molecular weight is 218 g/mol. The second-order valence-corrected chi connectivity index (χ2v) is 4.25. The molecule has 0 rings (SSSR count). The maximum absolute atomic E-state index is 11.3. The summed E-state index contributed by atoms with van der Waals surface area (Å²) in [7, 11) is 0. The van der Waals surface area contributed by atoms with Gasteiger partial charge in [-0.05, 0) is 20.8 Å². The van der Waals surface area contributed by atoms with Gasteiger partial charge in [0, 0.05) is 18.6 Å². The van der Waals surface area contributed by atoms with Crippen LogP contribution in [0.5, 0.6) is 0 Å². The zero-order chi connectivity index (χ0) is 12.1. The number of carbonyl (C=O) groups excluding carboxylic acids is 1. The maximum Gasteiger partial charge on any atom is 0.326 e. The van der Waals surface area contributed by atoms with Gasteiger partial charge in [-0.25, -0.2) is 9.59 Å². The standard InChI is InChI=1S/C9H18N2O4/c1-9(2,3)11-8(15)10-6(4-5-12)7(13)14/h6,12H,4-5H2,1-3H3,(H,13,14)(H2,10,11,15)/t6-/m1/s1. The number of carboxylic acid groups (broad SMARTS) is 1. The van der Waals surface area contributed by atoms with Crippen molar-refractivity contribution < 1.29 is 19.8 Å². The van der Waals surface area contributed by atoms with E-state index in [1.807, 2.05) is 0 Å². The second-order valence-electron chi connectivity index (χ2n) is 4.25. The maximum atomic E-state index is 11.3. The fourth-order valence-corrected chi connectivity index (χ4v) is 0.921. The lowest BCUT2D eigenvalue weighted by Gasteiger charge is -2.22. The fourth-order valence-electron chi connectivity index (χ4n) is 0.921. The molecule has 0 bridgehead atoms. The molecule has 0 aliphatic rings. The molecule has 0 heterocycles. The van der Waals surface area contributed by atoms with E-state index in [-0.39, 0.29) is 13.0 Å². The van der Waals surface area contributed by atoms with E-state index in [4.69, 9.17) is 10.2 Å². The molecule has 0 aliphatic heterocycles. The van der Waals surface area contributed by atoms with Gasteiger partial charge in [-0.15, -0.1) is 0 Å². The molecule has 15 heavy (non-hydrogen) atoms. The summed E-state index contributed by atoms with van der Waals surface area (Å²) in [6.45, 7) is 5.07. The monoisotopic (exact) mass is 218 g/mol. The minimum Gasteiger partial charge on any atom is -0.480 e. The molecule has 0 saturated carbocycles. The van der Waals surface area contributed by atoms with Crippen molar-refractivity contribution in [2.45, 2.75) is 38.8 Å². The number of aliphatic carboxylic acids is 1. The topological polar surface area (TPSA) is 98.7 Å². The molecule has 0 fully saturated rings. The Labute approximate surface area is 88.7 Å². The lowest BCUT2D eigenvalue weighted by atomic mass is 10.1. The first-order chi connectivity index (χ1) is 6.76. The SMILES string of the molecule is CC(C)(C)NC(=O)N[C@H](CCO)C(=O)O. The van der Waals surface area contributed by atoms with Crippen molar-refractivity contribution in [3.05, 3.63) is 0 Å². The third-order valence-electron chi connectivity index (χ3n) is 1.51. The summed E-state index contributed by atoms with van der Waals surface area (Å²) in [5, 5.41) is 22.1. The van der Waals surface area contributed by atoms with Gasteiger partial charge in [-0.1, -0.05) is 0 Å². The first kappa shape index (κ1) is 13.7. The molecule has 6 nitrogen and oxygen atoms in total. The summed E-state index contributed by atoms with van der Waals surface area (Å²) >= 11 is 0. The van der Waals surface area contributed by atoms with Crippen molar-refractivity contribution in [2.24, 2.45) is 0 Å². The molecule has 0 aromatic carbocycles. The largest absolute Gasteiger partial charge is 0.480 e. The summed E-state index contributed by atoms with van der Waals surface area (Å²) in [5.41, 5.74) is -0.424. The highest BCUT2D eigenvalue weighted by atomic mass is 16.4. The van der Waals surface area contributed by atoms with Gasteiger partial charge in [0.15, 0.2) is 0 Å². The number of hydrogen-bond acceptors (Lipinski definition) is 3. The van der Waals surface area contributed by atoms with E-state index < -0.39 is 23.6 Å². The first-order valence-electron chi connectivity index (χ1n) is 4.68. The molecule has 1 atom stereocenters. The highest BCUT2D eigenvalue weighted by Crippen LogP contribution is 1.98. The summed E-state index contributed by atoms with van der Waals surface area (Å²) in [6, 6.07) is -1.61. The minimum atomic E-state index is -1.16. The zero-order valence-electron chi connectivity index (χ0n) is 9.20. The molecule has 0 unspecified atom stereocenters. The Balaban J connectivity index is 4.18. The van der Waals surface area contributed by atoms with Gasteiger partial charge in [0.25, 0.3) is 0 Å². The summed E-state index contributed by atoms with van der Waals surface area (Å²) in [4.78, 5) is 21.9. The van der Waals surface area contributed by atoms with E-state index in [2.05, 4.69) is 10.6 Å². The molecule has 4 N–H and O–H groups in total. The van der Waals surface area contributed by atoms with Gasteiger partial charge in [0.1, 0.15) is 6.04 Å². The van der Waals surface area contributed by atoms with Crippen molar-refractivity contribution in [1.29, 1.82) is 0 Å². The van der Waals surface area contributed by atoms with Crippen LogP contribution in [0.3, 0.4) is 0 Å². The Bertz CT molecular complexity index is 235. The smallest absolute Gasteiger partial charge is 0.326 e. The summed E-state index contributed by atoms with van der Waals surface area (Å²) in [5.74, 6) is -1.16. The van der Waals surface area contributed by atoms with Gasteiger partial charge in [-0.2, -0.15) is 0 Å². The number of aliphatic hydroxyl groups excluding tert-OH is 1. The third kappa shape index (κ3) is 6.73. The molecule has 6 heteroatoms. The normalized spacial score (nSPS) is 13.1. The Morgan fingerprint density at radius 3 is 2.20 bits per heavy atom. The fraction of sp³-hybridized carbons (Fsp3) is 0.778. The molecule has 0 aromatic rings. The number of carbonyl (C=O) groups is 2. The van der Waals surface area contributed by atoms with Crippen LogP contribution in [-0.2, 0) is 4.79 Å². The predicted molar refractivity (Wildman–Crippen MR) is 54.5 cm³/mol. The van der Waals surface area contributed by atoms with Crippen LogP contribution in [0.15, 0.2) is 0 Å². The lowest BCUT2D eigenvalue weighted by Crippen LogP contribution is -2.51. The van der Waals surface area contributed by atoms with Gasteiger partial charge >= 0.3 is 12.0 Å². The van der Waals surface area contributed by atoms with Gasteiger partial charge in [-0.3, -0.25) is 0 Å². The molecule has 0 spiro atoms. The Hall–Kier alpha value is -1.30. The minimum absolute atomic E-state index is 0.00705. The van der Waals surface area contributed by atoms with Crippen molar-refractivity contribution >= 4 is 12.0 Å². The van der Waals surface area contributed by atoms with Crippen LogP contribution in [0.25, 0.3) is 0 Å². The van der Waals surface area contributed by atoms with Crippen LogP contribution in [0.2, 0.25) is 0 Å². The highest BCUT2D eigenvalue weighted by Gasteiger charge is 2.21. The van der Waals surface area contributed by atoms with E-state index in [1.165, 1.54) is 0 Å². The van der Waals surface area contributed by atoms with Crippen LogP contribution < -0.4 is 10.6 Å². The number of aliphatic hydroxyl groups is 1. The van der Waals surface area contributed by atoms with E-state index in [0.717, 1.165) is 0 Å². The quantitative estimate of drug-likeness (QED) is 0.530. The number of rotatable bonds is 4. The lowest BCUT2D eigenvalue weighted by molar-refractivity contribution is -0.139. The van der Waals surface area contributed by atoms with Gasteiger partial charge in [0.2, 0.25) is 0 Å².